The largest absolute Gasteiger partial charge is 0.391 e. The van der Waals surface area contributed by atoms with Crippen LogP contribution in [0.25, 0.3) is 0 Å². The summed E-state index contributed by atoms with van der Waals surface area (Å²) in [5.74, 6) is -0.0520. The van der Waals surface area contributed by atoms with E-state index in [4.69, 9.17) is 4.74 Å². The SMILES string of the molecule is CC(c1ccccc1)C(O)C1(C#N)CC2CCC1O2. The molecule has 3 heteroatoms. The van der Waals surface area contributed by atoms with Crippen LogP contribution in [0.4, 0.5) is 0 Å². The number of hydrogen-bond acceptors (Lipinski definition) is 3. The van der Waals surface area contributed by atoms with E-state index < -0.39 is 11.5 Å². The average molecular weight is 257 g/mol. The van der Waals surface area contributed by atoms with Gasteiger partial charge in [-0.25, -0.2) is 0 Å². The standard InChI is InChI=1S/C16H19NO2/c1-11(12-5-3-2-4-6-12)15(18)16(10-17)9-13-7-8-14(16)19-13/h2-6,11,13-15,18H,7-9H2,1H3. The highest BCUT2D eigenvalue weighted by Gasteiger charge is 2.58. The van der Waals surface area contributed by atoms with Crippen LogP contribution in [-0.4, -0.2) is 23.4 Å². The maximum absolute atomic E-state index is 10.7. The zero-order valence-electron chi connectivity index (χ0n) is 11.1. The summed E-state index contributed by atoms with van der Waals surface area (Å²) in [5.41, 5.74) is 0.352. The van der Waals surface area contributed by atoms with E-state index in [1.54, 1.807) is 0 Å². The highest BCUT2D eigenvalue weighted by molar-refractivity contribution is 5.25. The molecule has 100 valence electrons. The summed E-state index contributed by atoms with van der Waals surface area (Å²) in [4.78, 5) is 0. The number of nitrogens with zero attached hydrogens (tertiary/aromatic N) is 1. The Morgan fingerprint density at radius 1 is 1.37 bits per heavy atom. The summed E-state index contributed by atoms with van der Waals surface area (Å²) in [6.45, 7) is 1.99. The van der Waals surface area contributed by atoms with Crippen molar-refractivity contribution in [3.63, 3.8) is 0 Å². The molecule has 1 aromatic carbocycles. The number of fused-ring (bicyclic) bond motifs is 2. The zero-order chi connectivity index (χ0) is 13.5. The van der Waals surface area contributed by atoms with Crippen LogP contribution in [0.5, 0.6) is 0 Å². The van der Waals surface area contributed by atoms with Crippen molar-refractivity contribution in [1.29, 1.82) is 5.26 Å². The average Bonchev–Trinajstić information content (AvgIpc) is 3.07. The minimum Gasteiger partial charge on any atom is -0.391 e. The van der Waals surface area contributed by atoms with Gasteiger partial charge in [0, 0.05) is 5.92 Å². The van der Waals surface area contributed by atoms with Gasteiger partial charge in [0.15, 0.2) is 0 Å². The van der Waals surface area contributed by atoms with Crippen molar-refractivity contribution in [2.45, 2.75) is 50.4 Å². The number of ether oxygens (including phenoxy) is 1. The maximum Gasteiger partial charge on any atom is 0.112 e. The molecule has 2 fully saturated rings. The number of benzene rings is 1. The second kappa shape index (κ2) is 4.63. The number of aliphatic hydroxyl groups excluding tert-OH is 1. The van der Waals surface area contributed by atoms with Crippen LogP contribution in [0.3, 0.4) is 0 Å². The Labute approximate surface area is 113 Å². The van der Waals surface area contributed by atoms with E-state index in [0.717, 1.165) is 18.4 Å². The van der Waals surface area contributed by atoms with Gasteiger partial charge in [-0.05, 0) is 24.8 Å². The van der Waals surface area contributed by atoms with Crippen molar-refractivity contribution >= 4 is 0 Å². The van der Waals surface area contributed by atoms with Gasteiger partial charge in [0.1, 0.15) is 5.41 Å². The fourth-order valence-electron chi connectivity index (χ4n) is 3.62. The highest BCUT2D eigenvalue weighted by Crippen LogP contribution is 2.51. The molecule has 0 aromatic heterocycles. The highest BCUT2D eigenvalue weighted by atomic mass is 16.5. The van der Waals surface area contributed by atoms with E-state index in [1.165, 1.54) is 0 Å². The molecule has 1 N–H and O–H groups in total. The molecular formula is C16H19NO2. The van der Waals surface area contributed by atoms with Crippen molar-refractivity contribution in [3.8, 4) is 6.07 Å². The van der Waals surface area contributed by atoms with Crippen molar-refractivity contribution in [3.05, 3.63) is 35.9 Å². The molecule has 2 bridgehead atoms. The lowest BCUT2D eigenvalue weighted by Gasteiger charge is -2.36. The van der Waals surface area contributed by atoms with Gasteiger partial charge in [-0.3, -0.25) is 0 Å². The Bertz CT molecular complexity index is 495. The molecule has 0 saturated carbocycles. The van der Waals surface area contributed by atoms with E-state index in [2.05, 4.69) is 6.07 Å². The fourth-order valence-corrected chi connectivity index (χ4v) is 3.62. The predicted octanol–water partition coefficient (Wildman–Crippen LogP) is 2.61. The lowest BCUT2D eigenvalue weighted by Crippen LogP contribution is -2.44. The maximum atomic E-state index is 10.7. The molecule has 2 saturated heterocycles. The lowest BCUT2D eigenvalue weighted by molar-refractivity contribution is -0.00694. The van der Waals surface area contributed by atoms with Crippen molar-refractivity contribution in [2.75, 3.05) is 0 Å². The Balaban J connectivity index is 1.87. The van der Waals surface area contributed by atoms with Crippen LogP contribution in [-0.2, 0) is 4.74 Å². The minimum absolute atomic E-state index is 0.0520. The van der Waals surface area contributed by atoms with E-state index in [0.29, 0.717) is 6.42 Å². The van der Waals surface area contributed by atoms with Gasteiger partial charge in [0.2, 0.25) is 0 Å². The fraction of sp³-hybridized carbons (Fsp3) is 0.562. The summed E-state index contributed by atoms with van der Waals surface area (Å²) in [6, 6.07) is 12.3. The first-order valence-electron chi connectivity index (χ1n) is 6.97. The monoisotopic (exact) mass is 257 g/mol. The zero-order valence-corrected chi connectivity index (χ0v) is 11.1. The number of aliphatic hydroxyl groups is 1. The lowest BCUT2D eigenvalue weighted by atomic mass is 9.67. The summed E-state index contributed by atoms with van der Waals surface area (Å²) < 4.78 is 5.80. The number of rotatable bonds is 3. The third-order valence-corrected chi connectivity index (χ3v) is 4.78. The molecule has 5 atom stereocenters. The Kier molecular flexibility index (Phi) is 3.08. The number of hydrogen-bond donors (Lipinski definition) is 1. The first kappa shape index (κ1) is 12.7. The molecule has 3 rings (SSSR count). The van der Waals surface area contributed by atoms with E-state index >= 15 is 0 Å². The molecule has 0 radical (unpaired) electrons. The molecule has 0 amide bonds. The number of nitriles is 1. The van der Waals surface area contributed by atoms with Crippen LogP contribution in [0, 0.1) is 16.7 Å². The first-order valence-corrected chi connectivity index (χ1v) is 6.97. The second-order valence-electron chi connectivity index (χ2n) is 5.82. The molecule has 0 aliphatic carbocycles. The quantitative estimate of drug-likeness (QED) is 0.905. The van der Waals surface area contributed by atoms with Crippen LogP contribution in [0.1, 0.15) is 37.7 Å². The summed E-state index contributed by atoms with van der Waals surface area (Å²) in [6.07, 6.45) is 2.00. The van der Waals surface area contributed by atoms with Gasteiger partial charge < -0.3 is 9.84 Å². The molecule has 19 heavy (non-hydrogen) atoms. The Morgan fingerprint density at radius 3 is 2.63 bits per heavy atom. The van der Waals surface area contributed by atoms with Gasteiger partial charge in [0.25, 0.3) is 0 Å². The Hall–Kier alpha value is -1.37. The molecule has 2 heterocycles. The summed E-state index contributed by atoms with van der Waals surface area (Å²) >= 11 is 0. The molecule has 1 aromatic rings. The van der Waals surface area contributed by atoms with Crippen molar-refractivity contribution in [1.82, 2.24) is 0 Å². The molecule has 5 unspecified atom stereocenters. The van der Waals surface area contributed by atoms with Crippen molar-refractivity contribution < 1.29 is 9.84 Å². The predicted molar refractivity (Wildman–Crippen MR) is 71.4 cm³/mol. The molecule has 0 spiro atoms. The first-order chi connectivity index (χ1) is 9.17. The van der Waals surface area contributed by atoms with E-state index in [-0.39, 0.29) is 18.1 Å². The third kappa shape index (κ3) is 1.87. The van der Waals surface area contributed by atoms with Gasteiger partial charge in [-0.15, -0.1) is 0 Å². The van der Waals surface area contributed by atoms with Crippen molar-refractivity contribution in [2.24, 2.45) is 5.41 Å². The van der Waals surface area contributed by atoms with Crippen LogP contribution >= 0.6 is 0 Å². The Morgan fingerprint density at radius 2 is 2.11 bits per heavy atom. The summed E-state index contributed by atoms with van der Waals surface area (Å²) in [5, 5.41) is 20.4. The third-order valence-electron chi connectivity index (χ3n) is 4.78. The minimum atomic E-state index is -0.724. The van der Waals surface area contributed by atoms with Crippen LogP contribution < -0.4 is 0 Å². The molecule has 2 aliphatic heterocycles. The molecule has 3 nitrogen and oxygen atoms in total. The van der Waals surface area contributed by atoms with Gasteiger partial charge in [0.05, 0.1) is 24.4 Å². The smallest absolute Gasteiger partial charge is 0.112 e. The van der Waals surface area contributed by atoms with E-state index in [1.807, 2.05) is 37.3 Å². The molecular weight excluding hydrogens is 238 g/mol. The van der Waals surface area contributed by atoms with Gasteiger partial charge in [-0.2, -0.15) is 5.26 Å². The topological polar surface area (TPSA) is 53.2 Å². The second-order valence-corrected chi connectivity index (χ2v) is 5.82. The van der Waals surface area contributed by atoms with E-state index in [9.17, 15) is 10.4 Å². The van der Waals surface area contributed by atoms with Crippen LogP contribution in [0.2, 0.25) is 0 Å². The summed E-state index contributed by atoms with van der Waals surface area (Å²) in [7, 11) is 0. The van der Waals surface area contributed by atoms with Gasteiger partial charge >= 0.3 is 0 Å². The van der Waals surface area contributed by atoms with Crippen LogP contribution in [0.15, 0.2) is 30.3 Å². The normalized spacial score (nSPS) is 35.8. The van der Waals surface area contributed by atoms with Gasteiger partial charge in [-0.1, -0.05) is 37.3 Å². The molecule has 2 aliphatic rings.